The number of benzene rings is 2. The molecule has 0 radical (unpaired) electrons. The second-order valence-electron chi connectivity index (χ2n) is 7.04. The van der Waals surface area contributed by atoms with Gasteiger partial charge in [0.05, 0.1) is 0 Å². The Morgan fingerprint density at radius 1 is 1.16 bits per heavy atom. The maximum Gasteiger partial charge on any atom is 0.255 e. The van der Waals surface area contributed by atoms with Gasteiger partial charge < -0.3 is 9.73 Å². The molecule has 0 saturated carbocycles. The SMILES string of the molecule is CSCc1ccc(C(=O)Nc2ccc3oc(C(C)(C)C)nc3c2)cc1. The largest absolute Gasteiger partial charge is 0.440 e. The average molecular weight is 354 g/mol. The van der Waals surface area contributed by atoms with Gasteiger partial charge in [0, 0.05) is 22.4 Å². The van der Waals surface area contributed by atoms with Crippen molar-refractivity contribution in [2.45, 2.75) is 31.9 Å². The van der Waals surface area contributed by atoms with E-state index in [9.17, 15) is 4.79 Å². The number of nitrogens with one attached hydrogen (secondary N) is 1. The molecular weight excluding hydrogens is 332 g/mol. The Hall–Kier alpha value is -2.27. The smallest absolute Gasteiger partial charge is 0.255 e. The van der Waals surface area contributed by atoms with Gasteiger partial charge >= 0.3 is 0 Å². The van der Waals surface area contributed by atoms with Crippen molar-refractivity contribution in [3.63, 3.8) is 0 Å². The Labute approximate surface area is 152 Å². The number of oxazole rings is 1. The lowest BCUT2D eigenvalue weighted by Gasteiger charge is -2.11. The first-order valence-corrected chi connectivity index (χ1v) is 9.56. The van der Waals surface area contributed by atoms with Crippen molar-refractivity contribution in [3.05, 3.63) is 59.5 Å². The summed E-state index contributed by atoms with van der Waals surface area (Å²) in [5.41, 5.74) is 3.88. The second-order valence-corrected chi connectivity index (χ2v) is 7.90. The van der Waals surface area contributed by atoms with Gasteiger partial charge in [-0.3, -0.25) is 4.79 Å². The predicted molar refractivity (Wildman–Crippen MR) is 104 cm³/mol. The minimum absolute atomic E-state index is 0.130. The quantitative estimate of drug-likeness (QED) is 0.696. The highest BCUT2D eigenvalue weighted by molar-refractivity contribution is 7.97. The molecule has 0 atom stereocenters. The van der Waals surface area contributed by atoms with Gasteiger partial charge in [-0.15, -0.1) is 0 Å². The van der Waals surface area contributed by atoms with Gasteiger partial charge in [0.25, 0.3) is 5.91 Å². The number of nitrogens with zero attached hydrogens (tertiary/aromatic N) is 1. The molecule has 0 saturated heterocycles. The summed E-state index contributed by atoms with van der Waals surface area (Å²) >= 11 is 1.76. The summed E-state index contributed by atoms with van der Waals surface area (Å²) < 4.78 is 5.79. The Balaban J connectivity index is 1.78. The van der Waals surface area contributed by atoms with E-state index in [0.29, 0.717) is 17.1 Å². The van der Waals surface area contributed by atoms with E-state index in [2.05, 4.69) is 37.3 Å². The van der Waals surface area contributed by atoms with Gasteiger partial charge in [-0.1, -0.05) is 32.9 Å². The molecule has 0 unspecified atom stereocenters. The summed E-state index contributed by atoms with van der Waals surface area (Å²) in [6.07, 6.45) is 2.06. The maximum absolute atomic E-state index is 12.4. The molecule has 25 heavy (non-hydrogen) atoms. The molecule has 1 amide bonds. The zero-order valence-corrected chi connectivity index (χ0v) is 15.7. The van der Waals surface area contributed by atoms with Gasteiger partial charge in [0.2, 0.25) is 5.89 Å². The number of carbonyl (C=O) groups is 1. The molecule has 0 bridgehead atoms. The second kappa shape index (κ2) is 6.92. The van der Waals surface area contributed by atoms with Crippen LogP contribution in [0.25, 0.3) is 11.1 Å². The zero-order valence-electron chi connectivity index (χ0n) is 14.9. The highest BCUT2D eigenvalue weighted by Crippen LogP contribution is 2.27. The minimum atomic E-state index is -0.152. The molecule has 2 aromatic carbocycles. The first-order valence-electron chi connectivity index (χ1n) is 8.17. The number of rotatable bonds is 4. The lowest BCUT2D eigenvalue weighted by Crippen LogP contribution is -2.11. The Kier molecular flexibility index (Phi) is 4.86. The fourth-order valence-corrected chi connectivity index (χ4v) is 2.97. The molecule has 1 N–H and O–H groups in total. The Bertz CT molecular complexity index is 892. The van der Waals surface area contributed by atoms with Crippen LogP contribution >= 0.6 is 11.8 Å². The predicted octanol–water partition coefficient (Wildman–Crippen LogP) is 5.24. The van der Waals surface area contributed by atoms with E-state index in [1.54, 1.807) is 11.8 Å². The molecular formula is C20H22N2O2S. The first-order chi connectivity index (χ1) is 11.9. The number of aromatic nitrogens is 1. The summed E-state index contributed by atoms with van der Waals surface area (Å²) in [6, 6.07) is 13.2. The molecule has 4 nitrogen and oxygen atoms in total. The molecule has 130 valence electrons. The fourth-order valence-electron chi connectivity index (χ4n) is 2.45. The van der Waals surface area contributed by atoms with Crippen molar-refractivity contribution in [2.75, 3.05) is 11.6 Å². The van der Waals surface area contributed by atoms with Crippen LogP contribution in [0.4, 0.5) is 5.69 Å². The van der Waals surface area contributed by atoms with E-state index in [1.807, 2.05) is 42.5 Å². The summed E-state index contributed by atoms with van der Waals surface area (Å²) in [5.74, 6) is 1.51. The van der Waals surface area contributed by atoms with Crippen molar-refractivity contribution in [3.8, 4) is 0 Å². The van der Waals surface area contributed by atoms with Gasteiger partial charge in [-0.05, 0) is 42.2 Å². The number of thioether (sulfide) groups is 1. The summed E-state index contributed by atoms with van der Waals surface area (Å²) in [5, 5.41) is 2.92. The molecule has 0 aliphatic carbocycles. The van der Waals surface area contributed by atoms with Crippen molar-refractivity contribution < 1.29 is 9.21 Å². The topological polar surface area (TPSA) is 55.1 Å². The van der Waals surface area contributed by atoms with Crippen molar-refractivity contribution in [2.24, 2.45) is 0 Å². The zero-order chi connectivity index (χ0) is 18.0. The monoisotopic (exact) mass is 354 g/mol. The van der Waals surface area contributed by atoms with Crippen LogP contribution in [0.3, 0.4) is 0 Å². The van der Waals surface area contributed by atoms with E-state index in [-0.39, 0.29) is 11.3 Å². The summed E-state index contributed by atoms with van der Waals surface area (Å²) in [4.78, 5) is 17.0. The third-order valence-corrected chi connectivity index (χ3v) is 4.44. The van der Waals surface area contributed by atoms with Gasteiger partial charge in [0.15, 0.2) is 5.58 Å². The van der Waals surface area contributed by atoms with Gasteiger partial charge in [-0.25, -0.2) is 4.98 Å². The average Bonchev–Trinajstić information content (AvgIpc) is 2.99. The fraction of sp³-hybridized carbons (Fsp3) is 0.300. The molecule has 0 fully saturated rings. The van der Waals surface area contributed by atoms with Crippen LogP contribution < -0.4 is 5.32 Å². The number of hydrogen-bond acceptors (Lipinski definition) is 4. The number of carbonyl (C=O) groups excluding carboxylic acids is 1. The van der Waals surface area contributed by atoms with E-state index < -0.39 is 0 Å². The van der Waals surface area contributed by atoms with Gasteiger partial charge in [-0.2, -0.15) is 11.8 Å². The highest BCUT2D eigenvalue weighted by atomic mass is 32.2. The molecule has 3 rings (SSSR count). The lowest BCUT2D eigenvalue weighted by molar-refractivity contribution is 0.102. The van der Waals surface area contributed by atoms with Crippen LogP contribution in [0, 0.1) is 0 Å². The van der Waals surface area contributed by atoms with Crippen LogP contribution in [-0.2, 0) is 11.2 Å². The molecule has 0 aliphatic rings. The first kappa shape index (κ1) is 17.5. The molecule has 5 heteroatoms. The van der Waals surface area contributed by atoms with E-state index in [1.165, 1.54) is 5.56 Å². The van der Waals surface area contributed by atoms with Crippen LogP contribution in [0.5, 0.6) is 0 Å². The third kappa shape index (κ3) is 4.04. The standard InChI is InChI=1S/C20H22N2O2S/c1-20(2,3)19-22-16-11-15(9-10-17(16)24-19)21-18(23)14-7-5-13(6-8-14)12-25-4/h5-11H,12H2,1-4H3,(H,21,23). The Morgan fingerprint density at radius 3 is 2.52 bits per heavy atom. The number of anilines is 1. The molecule has 0 aliphatic heterocycles. The van der Waals surface area contributed by atoms with Gasteiger partial charge in [0.1, 0.15) is 5.52 Å². The van der Waals surface area contributed by atoms with Crippen LogP contribution in [-0.4, -0.2) is 17.1 Å². The molecule has 0 spiro atoms. The highest BCUT2D eigenvalue weighted by Gasteiger charge is 2.21. The van der Waals surface area contributed by atoms with Crippen molar-refractivity contribution in [1.29, 1.82) is 0 Å². The van der Waals surface area contributed by atoms with E-state index in [4.69, 9.17) is 4.42 Å². The Morgan fingerprint density at radius 2 is 1.88 bits per heavy atom. The van der Waals surface area contributed by atoms with Crippen molar-refractivity contribution in [1.82, 2.24) is 4.98 Å². The van der Waals surface area contributed by atoms with Crippen molar-refractivity contribution >= 4 is 34.5 Å². The minimum Gasteiger partial charge on any atom is -0.440 e. The van der Waals surface area contributed by atoms with Crippen LogP contribution in [0.15, 0.2) is 46.9 Å². The van der Waals surface area contributed by atoms with E-state index in [0.717, 1.165) is 16.9 Å². The molecule has 3 aromatic rings. The van der Waals surface area contributed by atoms with Crippen LogP contribution in [0.1, 0.15) is 42.6 Å². The summed E-state index contributed by atoms with van der Waals surface area (Å²) in [6.45, 7) is 6.17. The molecule has 1 aromatic heterocycles. The third-order valence-electron chi connectivity index (χ3n) is 3.81. The van der Waals surface area contributed by atoms with Crippen LogP contribution in [0.2, 0.25) is 0 Å². The summed E-state index contributed by atoms with van der Waals surface area (Å²) in [7, 11) is 0. The lowest BCUT2D eigenvalue weighted by atomic mass is 9.97. The molecule has 1 heterocycles. The van der Waals surface area contributed by atoms with E-state index >= 15 is 0 Å². The number of amides is 1. The maximum atomic E-state index is 12.4. The normalized spacial score (nSPS) is 11.7. The number of hydrogen-bond donors (Lipinski definition) is 1. The number of fused-ring (bicyclic) bond motifs is 1.